The first kappa shape index (κ1) is 18.4. The fourth-order valence-electron chi connectivity index (χ4n) is 2.58. The summed E-state index contributed by atoms with van der Waals surface area (Å²) in [4.78, 5) is 12.4. The Morgan fingerprint density at radius 3 is 2.56 bits per heavy atom. The number of benzene rings is 2. The van der Waals surface area contributed by atoms with E-state index in [-0.39, 0.29) is 5.57 Å². The van der Waals surface area contributed by atoms with Crippen LogP contribution in [0.25, 0.3) is 17.3 Å². The van der Waals surface area contributed by atoms with Gasteiger partial charge in [-0.15, -0.1) is 0 Å². The zero-order valence-electron chi connectivity index (χ0n) is 14.7. The van der Waals surface area contributed by atoms with Gasteiger partial charge in [-0.2, -0.15) is 10.4 Å². The van der Waals surface area contributed by atoms with Crippen molar-refractivity contribution in [3.8, 4) is 17.3 Å². The smallest absolute Gasteiger partial charge is 0.266 e. The monoisotopic (exact) mass is 376 g/mol. The molecule has 0 saturated carbocycles. The molecule has 0 aliphatic heterocycles. The standard InChI is InChI=1S/C21H17ClN4O/c1-2-14-3-5-15(6-4-14)20-17(13-24-26-20)11-16(12-23)21(27)25-19-9-7-18(22)8-10-19/h3-11,13H,2H2,1H3,(H,24,26)(H,25,27)/b16-11-. The summed E-state index contributed by atoms with van der Waals surface area (Å²) in [5, 5.41) is 19.7. The number of carbonyl (C=O) groups excluding carboxylic acids is 1. The van der Waals surface area contributed by atoms with E-state index in [0.29, 0.717) is 16.3 Å². The molecule has 6 heteroatoms. The second-order valence-corrected chi connectivity index (χ2v) is 6.32. The lowest BCUT2D eigenvalue weighted by molar-refractivity contribution is -0.112. The number of nitrogens with one attached hydrogen (secondary N) is 2. The summed E-state index contributed by atoms with van der Waals surface area (Å²) in [6.07, 6.45) is 4.08. The summed E-state index contributed by atoms with van der Waals surface area (Å²) < 4.78 is 0. The number of rotatable bonds is 5. The number of aryl methyl sites for hydroxylation is 1. The molecule has 0 bridgehead atoms. The highest BCUT2D eigenvalue weighted by molar-refractivity contribution is 6.30. The molecule has 0 fully saturated rings. The molecule has 2 aromatic carbocycles. The van der Waals surface area contributed by atoms with Crippen LogP contribution >= 0.6 is 11.6 Å². The van der Waals surface area contributed by atoms with Crippen LogP contribution in [0.3, 0.4) is 0 Å². The Kier molecular flexibility index (Phi) is 5.70. The fraction of sp³-hybridized carbons (Fsp3) is 0.0952. The average Bonchev–Trinajstić information content (AvgIpc) is 3.16. The maximum Gasteiger partial charge on any atom is 0.266 e. The van der Waals surface area contributed by atoms with Crippen LogP contribution in [-0.2, 0) is 11.2 Å². The van der Waals surface area contributed by atoms with E-state index in [1.807, 2.05) is 30.3 Å². The third-order valence-electron chi connectivity index (χ3n) is 4.09. The number of hydrogen-bond donors (Lipinski definition) is 2. The lowest BCUT2D eigenvalue weighted by atomic mass is 10.0. The van der Waals surface area contributed by atoms with Gasteiger partial charge in [-0.05, 0) is 42.3 Å². The van der Waals surface area contributed by atoms with Gasteiger partial charge >= 0.3 is 0 Å². The number of aromatic nitrogens is 2. The topological polar surface area (TPSA) is 81.6 Å². The Labute approximate surface area is 162 Å². The van der Waals surface area contributed by atoms with Gasteiger partial charge in [-0.1, -0.05) is 42.8 Å². The molecule has 1 aromatic heterocycles. The first-order valence-electron chi connectivity index (χ1n) is 8.42. The summed E-state index contributed by atoms with van der Waals surface area (Å²) in [6.45, 7) is 2.10. The zero-order chi connectivity index (χ0) is 19.2. The molecule has 0 aliphatic carbocycles. The van der Waals surface area contributed by atoms with Crippen LogP contribution in [0.15, 0.2) is 60.3 Å². The van der Waals surface area contributed by atoms with Crippen LogP contribution in [0.1, 0.15) is 18.1 Å². The fourth-order valence-corrected chi connectivity index (χ4v) is 2.70. The first-order valence-corrected chi connectivity index (χ1v) is 8.80. The maximum absolute atomic E-state index is 12.4. The molecule has 0 radical (unpaired) electrons. The SMILES string of the molecule is CCc1ccc(-c2[nH]ncc2/C=C(/C#N)C(=O)Nc2ccc(Cl)cc2)cc1. The van der Waals surface area contributed by atoms with Crippen molar-refractivity contribution in [2.24, 2.45) is 0 Å². The van der Waals surface area contributed by atoms with Crippen LogP contribution in [0, 0.1) is 11.3 Å². The van der Waals surface area contributed by atoms with E-state index in [9.17, 15) is 10.1 Å². The predicted molar refractivity (Wildman–Crippen MR) is 107 cm³/mol. The van der Waals surface area contributed by atoms with Crippen molar-refractivity contribution in [3.63, 3.8) is 0 Å². The third-order valence-corrected chi connectivity index (χ3v) is 4.34. The number of anilines is 1. The Morgan fingerprint density at radius 2 is 1.93 bits per heavy atom. The number of nitrogens with zero attached hydrogens (tertiary/aromatic N) is 2. The van der Waals surface area contributed by atoms with Crippen molar-refractivity contribution in [1.29, 1.82) is 5.26 Å². The van der Waals surface area contributed by atoms with Gasteiger partial charge < -0.3 is 5.32 Å². The maximum atomic E-state index is 12.4. The minimum Gasteiger partial charge on any atom is -0.321 e. The summed E-state index contributed by atoms with van der Waals surface area (Å²) in [5.41, 5.74) is 4.14. The van der Waals surface area contributed by atoms with E-state index in [4.69, 9.17) is 11.6 Å². The highest BCUT2D eigenvalue weighted by atomic mass is 35.5. The van der Waals surface area contributed by atoms with E-state index in [2.05, 4.69) is 22.4 Å². The Balaban J connectivity index is 1.85. The summed E-state index contributed by atoms with van der Waals surface area (Å²) in [7, 11) is 0. The first-order chi connectivity index (χ1) is 13.1. The van der Waals surface area contributed by atoms with Crippen LogP contribution in [-0.4, -0.2) is 16.1 Å². The number of nitriles is 1. The molecule has 1 heterocycles. The molecule has 0 unspecified atom stereocenters. The van der Waals surface area contributed by atoms with E-state index < -0.39 is 5.91 Å². The van der Waals surface area contributed by atoms with Gasteiger partial charge in [0.25, 0.3) is 5.91 Å². The van der Waals surface area contributed by atoms with Crippen molar-refractivity contribution in [2.75, 3.05) is 5.32 Å². The van der Waals surface area contributed by atoms with Crippen molar-refractivity contribution in [1.82, 2.24) is 10.2 Å². The largest absolute Gasteiger partial charge is 0.321 e. The number of halogens is 1. The van der Waals surface area contributed by atoms with Crippen molar-refractivity contribution in [2.45, 2.75) is 13.3 Å². The number of aromatic amines is 1. The summed E-state index contributed by atoms with van der Waals surface area (Å²) >= 11 is 5.84. The lowest BCUT2D eigenvalue weighted by Gasteiger charge is -2.05. The molecule has 0 spiro atoms. The van der Waals surface area contributed by atoms with E-state index in [1.165, 1.54) is 11.6 Å². The molecule has 134 valence electrons. The zero-order valence-corrected chi connectivity index (χ0v) is 15.4. The quantitative estimate of drug-likeness (QED) is 0.494. The highest BCUT2D eigenvalue weighted by Gasteiger charge is 2.13. The minimum absolute atomic E-state index is 0.0159. The van der Waals surface area contributed by atoms with E-state index in [1.54, 1.807) is 30.5 Å². The van der Waals surface area contributed by atoms with Gasteiger partial charge in [-0.25, -0.2) is 0 Å². The average molecular weight is 377 g/mol. The molecular formula is C21H17ClN4O. The second-order valence-electron chi connectivity index (χ2n) is 5.88. The second kappa shape index (κ2) is 8.35. The molecule has 3 rings (SSSR count). The summed E-state index contributed by atoms with van der Waals surface area (Å²) in [5.74, 6) is -0.492. The van der Waals surface area contributed by atoms with Gasteiger partial charge in [0.15, 0.2) is 0 Å². The Bertz CT molecular complexity index is 1010. The number of carbonyl (C=O) groups is 1. The summed E-state index contributed by atoms with van der Waals surface area (Å²) in [6, 6.07) is 16.7. The van der Waals surface area contributed by atoms with Gasteiger partial charge in [0.1, 0.15) is 11.6 Å². The molecule has 0 saturated heterocycles. The molecule has 1 amide bonds. The van der Waals surface area contributed by atoms with Crippen molar-refractivity contribution < 1.29 is 4.79 Å². The molecule has 27 heavy (non-hydrogen) atoms. The van der Waals surface area contributed by atoms with Gasteiger partial charge in [0, 0.05) is 21.8 Å². The van der Waals surface area contributed by atoms with E-state index in [0.717, 1.165) is 17.7 Å². The molecule has 2 N–H and O–H groups in total. The molecule has 0 aliphatic rings. The van der Waals surface area contributed by atoms with Gasteiger partial charge in [0.05, 0.1) is 11.9 Å². The Morgan fingerprint density at radius 1 is 1.22 bits per heavy atom. The highest BCUT2D eigenvalue weighted by Crippen LogP contribution is 2.24. The predicted octanol–water partition coefficient (Wildman–Crippen LogP) is 4.84. The third kappa shape index (κ3) is 4.43. The normalized spacial score (nSPS) is 11.1. The molecule has 5 nitrogen and oxygen atoms in total. The Hall–Kier alpha value is -3.36. The van der Waals surface area contributed by atoms with Crippen LogP contribution in [0.4, 0.5) is 5.69 Å². The van der Waals surface area contributed by atoms with Crippen LogP contribution in [0.2, 0.25) is 5.02 Å². The molecule has 3 aromatic rings. The molecule has 0 atom stereocenters. The van der Waals surface area contributed by atoms with Crippen molar-refractivity contribution >= 4 is 29.3 Å². The number of hydrogen-bond acceptors (Lipinski definition) is 3. The van der Waals surface area contributed by atoms with Gasteiger partial charge in [-0.3, -0.25) is 9.89 Å². The van der Waals surface area contributed by atoms with Crippen LogP contribution in [0.5, 0.6) is 0 Å². The van der Waals surface area contributed by atoms with Gasteiger partial charge in [0.2, 0.25) is 0 Å². The number of H-pyrrole nitrogens is 1. The minimum atomic E-state index is -0.492. The van der Waals surface area contributed by atoms with E-state index >= 15 is 0 Å². The number of amides is 1. The van der Waals surface area contributed by atoms with Crippen LogP contribution < -0.4 is 5.32 Å². The lowest BCUT2D eigenvalue weighted by Crippen LogP contribution is -2.13. The van der Waals surface area contributed by atoms with Crippen molar-refractivity contribution in [3.05, 3.63) is 76.5 Å². The molecular weight excluding hydrogens is 360 g/mol.